The zero-order valence-corrected chi connectivity index (χ0v) is 13.5. The minimum atomic E-state index is 0.544. The van der Waals surface area contributed by atoms with Crippen LogP contribution in [0.3, 0.4) is 0 Å². The molecule has 2 heterocycles. The first-order valence-corrected chi connectivity index (χ1v) is 7.97. The van der Waals surface area contributed by atoms with Crippen molar-refractivity contribution >= 4 is 11.6 Å². The Morgan fingerprint density at radius 1 is 1.33 bits per heavy atom. The quantitative estimate of drug-likeness (QED) is 0.613. The second-order valence-corrected chi connectivity index (χ2v) is 5.70. The third kappa shape index (κ3) is 4.04. The van der Waals surface area contributed by atoms with Crippen molar-refractivity contribution in [2.75, 3.05) is 37.0 Å². The van der Waals surface area contributed by atoms with Gasteiger partial charge < -0.3 is 15.2 Å². The molecule has 1 aliphatic rings. The predicted octanol–water partition coefficient (Wildman–Crippen LogP) is 1.64. The number of hydrogen-bond acceptors (Lipinski definition) is 6. The first kappa shape index (κ1) is 16.0. The molecule has 1 fully saturated rings. The van der Waals surface area contributed by atoms with Crippen LogP contribution in [0.2, 0.25) is 0 Å². The zero-order chi connectivity index (χ0) is 15.2. The second-order valence-electron chi connectivity index (χ2n) is 5.70. The van der Waals surface area contributed by atoms with Crippen LogP contribution in [-0.4, -0.2) is 47.6 Å². The van der Waals surface area contributed by atoms with E-state index < -0.39 is 0 Å². The highest BCUT2D eigenvalue weighted by molar-refractivity contribution is 5.49. The Labute approximate surface area is 127 Å². The van der Waals surface area contributed by atoms with E-state index in [0.29, 0.717) is 11.9 Å². The summed E-state index contributed by atoms with van der Waals surface area (Å²) in [7, 11) is 2.13. The van der Waals surface area contributed by atoms with Crippen LogP contribution in [0.25, 0.3) is 0 Å². The Morgan fingerprint density at radius 2 is 2.05 bits per heavy atom. The van der Waals surface area contributed by atoms with E-state index in [-0.39, 0.29) is 0 Å². The molecule has 6 heteroatoms. The average Bonchev–Trinajstić information content (AvgIpc) is 2.54. The molecule has 1 aromatic heterocycles. The molecule has 3 N–H and O–H groups in total. The maximum atomic E-state index is 5.53. The molecule has 0 saturated carbocycles. The molecule has 0 aliphatic carbocycles. The molecular formula is C15H28N6. The first-order chi connectivity index (χ1) is 10.2. The van der Waals surface area contributed by atoms with Crippen molar-refractivity contribution in [2.45, 2.75) is 45.6 Å². The Hall–Kier alpha value is -1.40. The summed E-state index contributed by atoms with van der Waals surface area (Å²) in [5.74, 6) is 8.06. The number of aromatic nitrogens is 2. The standard InChI is InChI=1S/C15H28N6/c1-4-6-13-17-14(19-16)11-15(18-13)20(3)12-7-9-21(5-2)10-8-12/h11-12H,4-10,16H2,1-3H3,(H,17,18,19). The van der Waals surface area contributed by atoms with Crippen LogP contribution in [0, 0.1) is 0 Å². The molecule has 118 valence electrons. The van der Waals surface area contributed by atoms with Gasteiger partial charge in [-0.15, -0.1) is 0 Å². The minimum absolute atomic E-state index is 0.544. The summed E-state index contributed by atoms with van der Waals surface area (Å²) in [6, 6.07) is 2.48. The van der Waals surface area contributed by atoms with E-state index >= 15 is 0 Å². The lowest BCUT2D eigenvalue weighted by Crippen LogP contribution is -2.43. The van der Waals surface area contributed by atoms with Gasteiger partial charge in [0.25, 0.3) is 0 Å². The molecule has 1 saturated heterocycles. The molecule has 2 rings (SSSR count). The number of nitrogens with two attached hydrogens (primary N) is 1. The second kappa shape index (κ2) is 7.56. The molecule has 0 bridgehead atoms. The smallest absolute Gasteiger partial charge is 0.145 e. The van der Waals surface area contributed by atoms with Gasteiger partial charge in [-0.05, 0) is 25.8 Å². The average molecular weight is 292 g/mol. The number of nitrogens with zero attached hydrogens (tertiary/aromatic N) is 4. The number of nitrogens with one attached hydrogen (secondary N) is 1. The Balaban J connectivity index is 2.10. The number of hydrogen-bond donors (Lipinski definition) is 2. The minimum Gasteiger partial charge on any atom is -0.356 e. The molecule has 21 heavy (non-hydrogen) atoms. The van der Waals surface area contributed by atoms with E-state index in [9.17, 15) is 0 Å². The summed E-state index contributed by atoms with van der Waals surface area (Å²) in [6.45, 7) is 7.84. The van der Waals surface area contributed by atoms with Crippen molar-refractivity contribution in [3.05, 3.63) is 11.9 Å². The van der Waals surface area contributed by atoms with E-state index in [1.807, 2.05) is 6.07 Å². The monoisotopic (exact) mass is 292 g/mol. The van der Waals surface area contributed by atoms with Crippen molar-refractivity contribution in [1.29, 1.82) is 0 Å². The lowest BCUT2D eigenvalue weighted by Gasteiger charge is -2.37. The van der Waals surface area contributed by atoms with Gasteiger partial charge in [0.15, 0.2) is 0 Å². The summed E-state index contributed by atoms with van der Waals surface area (Å²) in [4.78, 5) is 13.9. The number of aryl methyl sites for hydroxylation is 1. The van der Waals surface area contributed by atoms with E-state index in [2.05, 4.69) is 41.1 Å². The number of rotatable bonds is 6. The number of hydrazine groups is 1. The maximum absolute atomic E-state index is 5.53. The number of anilines is 2. The molecule has 0 radical (unpaired) electrons. The van der Waals surface area contributed by atoms with Crippen molar-refractivity contribution in [1.82, 2.24) is 14.9 Å². The van der Waals surface area contributed by atoms with Crippen LogP contribution in [0.5, 0.6) is 0 Å². The molecule has 1 aromatic rings. The van der Waals surface area contributed by atoms with Crippen molar-refractivity contribution in [2.24, 2.45) is 5.84 Å². The van der Waals surface area contributed by atoms with Gasteiger partial charge in [-0.1, -0.05) is 13.8 Å². The molecule has 1 aliphatic heterocycles. The summed E-state index contributed by atoms with van der Waals surface area (Å²) < 4.78 is 0. The van der Waals surface area contributed by atoms with Crippen molar-refractivity contribution in [3.63, 3.8) is 0 Å². The zero-order valence-electron chi connectivity index (χ0n) is 13.5. The highest BCUT2D eigenvalue weighted by Gasteiger charge is 2.23. The SMILES string of the molecule is CCCc1nc(NN)cc(N(C)C2CCN(CC)CC2)n1. The third-order valence-electron chi connectivity index (χ3n) is 4.29. The molecule has 0 aromatic carbocycles. The molecule has 0 atom stereocenters. The summed E-state index contributed by atoms with van der Waals surface area (Å²) in [5.41, 5.74) is 2.65. The maximum Gasteiger partial charge on any atom is 0.145 e. The topological polar surface area (TPSA) is 70.3 Å². The van der Waals surface area contributed by atoms with E-state index in [1.54, 1.807) is 0 Å². The van der Waals surface area contributed by atoms with Gasteiger partial charge in [-0.25, -0.2) is 15.8 Å². The lowest BCUT2D eigenvalue weighted by molar-refractivity contribution is 0.220. The van der Waals surface area contributed by atoms with Gasteiger partial charge in [-0.2, -0.15) is 0 Å². The first-order valence-electron chi connectivity index (χ1n) is 7.97. The summed E-state index contributed by atoms with van der Waals surface area (Å²) >= 11 is 0. The van der Waals surface area contributed by atoms with Crippen LogP contribution in [0.1, 0.15) is 38.9 Å². The Kier molecular flexibility index (Phi) is 5.76. The highest BCUT2D eigenvalue weighted by Crippen LogP contribution is 2.22. The van der Waals surface area contributed by atoms with E-state index in [0.717, 1.165) is 31.0 Å². The number of piperidine rings is 1. The molecule has 0 amide bonds. The Morgan fingerprint density at radius 3 is 2.62 bits per heavy atom. The predicted molar refractivity (Wildman–Crippen MR) is 87.4 cm³/mol. The van der Waals surface area contributed by atoms with Crippen LogP contribution in [0.15, 0.2) is 6.07 Å². The van der Waals surface area contributed by atoms with Gasteiger partial charge in [0.05, 0.1) is 0 Å². The van der Waals surface area contributed by atoms with Crippen molar-refractivity contribution < 1.29 is 0 Å². The van der Waals surface area contributed by atoms with Crippen LogP contribution in [0.4, 0.5) is 11.6 Å². The largest absolute Gasteiger partial charge is 0.356 e. The van der Waals surface area contributed by atoms with Gasteiger partial charge in [-0.3, -0.25) is 0 Å². The number of nitrogen functional groups attached to an aromatic ring is 1. The third-order valence-corrected chi connectivity index (χ3v) is 4.29. The van der Waals surface area contributed by atoms with Gasteiger partial charge in [0.2, 0.25) is 0 Å². The molecule has 0 unspecified atom stereocenters. The summed E-state index contributed by atoms with van der Waals surface area (Å²) in [6.07, 6.45) is 4.28. The molecular weight excluding hydrogens is 264 g/mol. The van der Waals surface area contributed by atoms with Crippen molar-refractivity contribution in [3.8, 4) is 0 Å². The van der Waals surface area contributed by atoms with Gasteiger partial charge in [0, 0.05) is 38.7 Å². The van der Waals surface area contributed by atoms with Crippen LogP contribution in [-0.2, 0) is 6.42 Å². The normalized spacial score (nSPS) is 17.0. The van der Waals surface area contributed by atoms with Crippen LogP contribution >= 0.6 is 0 Å². The molecule has 0 spiro atoms. The summed E-state index contributed by atoms with van der Waals surface area (Å²) in [5, 5.41) is 0. The van der Waals surface area contributed by atoms with E-state index in [4.69, 9.17) is 10.8 Å². The highest BCUT2D eigenvalue weighted by atomic mass is 15.3. The fraction of sp³-hybridized carbons (Fsp3) is 0.733. The molecule has 6 nitrogen and oxygen atoms in total. The van der Waals surface area contributed by atoms with E-state index in [1.165, 1.54) is 25.9 Å². The van der Waals surface area contributed by atoms with Gasteiger partial charge in [0.1, 0.15) is 17.5 Å². The Bertz CT molecular complexity index is 442. The number of likely N-dealkylation sites (tertiary alicyclic amines) is 1. The van der Waals surface area contributed by atoms with Crippen LogP contribution < -0.4 is 16.2 Å². The fourth-order valence-corrected chi connectivity index (χ4v) is 2.88. The lowest BCUT2D eigenvalue weighted by atomic mass is 10.0. The van der Waals surface area contributed by atoms with Gasteiger partial charge >= 0.3 is 0 Å². The fourth-order valence-electron chi connectivity index (χ4n) is 2.88.